The minimum atomic E-state index is -2.41. The molecule has 1 heterocycles. The maximum Gasteiger partial charge on any atom is 1.00 e. The zero-order valence-corrected chi connectivity index (χ0v) is 28.4. The molecule has 0 spiro atoms. The number of fused-ring (bicyclic) bond motifs is 2. The van der Waals surface area contributed by atoms with E-state index < -0.39 is 48.2 Å². The molecule has 0 radical (unpaired) electrons. The van der Waals surface area contributed by atoms with Gasteiger partial charge in [-0.2, -0.15) is 0 Å². The number of carboxylic acid groups (broad SMARTS) is 3. The third kappa shape index (κ3) is 6.28. The van der Waals surface area contributed by atoms with E-state index in [1.54, 1.807) is 55.5 Å². The molecular weight excluding hydrogens is 627 g/mol. The van der Waals surface area contributed by atoms with Crippen LogP contribution in [-0.4, -0.2) is 74.2 Å². The van der Waals surface area contributed by atoms with Crippen molar-refractivity contribution in [1.29, 1.82) is 0 Å². The Labute approximate surface area is 292 Å². The first kappa shape index (κ1) is 35.7. The molecule has 3 unspecified atom stereocenters. The van der Waals surface area contributed by atoms with Gasteiger partial charge in [-0.15, -0.1) is 0 Å². The molecule has 3 aromatic rings. The Bertz CT molecular complexity index is 1640. The minimum absolute atomic E-state index is 0. The molecule has 3 atom stereocenters. The Kier molecular flexibility index (Phi) is 11.2. The third-order valence-electron chi connectivity index (χ3n) is 8.14. The van der Waals surface area contributed by atoms with Crippen molar-refractivity contribution in [3.8, 4) is 28.7 Å². The Balaban J connectivity index is 0.00000500. The summed E-state index contributed by atoms with van der Waals surface area (Å²) < 4.78 is 39.7. The monoisotopic (exact) mass is 660 g/mol. The number of hydrogen-bond donors (Lipinski definition) is 2. The van der Waals surface area contributed by atoms with Crippen molar-refractivity contribution >= 4 is 18.1 Å². The first-order valence-electron chi connectivity index (χ1n) is 14.5. The van der Waals surface area contributed by atoms with Crippen molar-refractivity contribution in [3.63, 3.8) is 0 Å². The van der Waals surface area contributed by atoms with E-state index in [4.69, 9.17) is 33.2 Å². The normalized spacial score (nSPS) is 20.4. The molecule has 1 aliphatic carbocycles. The molecule has 2 aliphatic rings. The average Bonchev–Trinajstić information content (AvgIpc) is 3.60. The molecule has 0 fully saturated rings. The molecule has 0 aromatic heterocycles. The van der Waals surface area contributed by atoms with Gasteiger partial charge in [0.2, 0.25) is 6.79 Å². The van der Waals surface area contributed by atoms with Gasteiger partial charge in [0.15, 0.2) is 18.1 Å². The van der Waals surface area contributed by atoms with E-state index in [0.717, 1.165) is 0 Å². The van der Waals surface area contributed by atoms with E-state index in [9.17, 15) is 29.7 Å². The number of carboxylic acids is 2. The Morgan fingerprint density at radius 1 is 0.936 bits per heavy atom. The molecule has 3 aromatic carbocycles. The van der Waals surface area contributed by atoms with Crippen LogP contribution in [0.1, 0.15) is 48.4 Å². The molecule has 47 heavy (non-hydrogen) atoms. The molecule has 2 N–H and O–H groups in total. The number of aliphatic carboxylic acids is 2. The van der Waals surface area contributed by atoms with E-state index in [0.29, 0.717) is 47.2 Å². The number of methoxy groups -OCH3 is 1. The smallest absolute Gasteiger partial charge is 0.547 e. The summed E-state index contributed by atoms with van der Waals surface area (Å²) in [7, 11) is 1.41. The predicted molar refractivity (Wildman–Crippen MR) is 157 cm³/mol. The van der Waals surface area contributed by atoms with Crippen molar-refractivity contribution in [1.82, 2.24) is 0 Å². The van der Waals surface area contributed by atoms with Gasteiger partial charge in [-0.25, -0.2) is 9.59 Å². The van der Waals surface area contributed by atoms with Crippen LogP contribution in [0.2, 0.25) is 0 Å². The van der Waals surface area contributed by atoms with Crippen LogP contribution in [0.25, 0.3) is 0 Å². The molecule has 0 amide bonds. The van der Waals surface area contributed by atoms with Gasteiger partial charge in [0.25, 0.3) is 0 Å². The van der Waals surface area contributed by atoms with Gasteiger partial charge >= 0.3 is 41.7 Å². The average molecular weight is 661 g/mol. The summed E-state index contributed by atoms with van der Waals surface area (Å²) in [5, 5.41) is 33.1. The molecule has 13 nitrogen and oxygen atoms in total. The van der Waals surface area contributed by atoms with Gasteiger partial charge in [0.1, 0.15) is 29.5 Å². The summed E-state index contributed by atoms with van der Waals surface area (Å²) in [4.78, 5) is 37.5. The minimum Gasteiger partial charge on any atom is -0.547 e. The van der Waals surface area contributed by atoms with Crippen LogP contribution in [0, 0.1) is 0 Å². The van der Waals surface area contributed by atoms with E-state index in [-0.39, 0.29) is 59.8 Å². The molecule has 1 aliphatic heterocycles. The Hall–Kier alpha value is -4.17. The van der Waals surface area contributed by atoms with Crippen molar-refractivity contribution in [3.05, 3.63) is 76.9 Å². The van der Waals surface area contributed by atoms with Gasteiger partial charge in [-0.3, -0.25) is 0 Å². The molecule has 5 rings (SSSR count). The van der Waals surface area contributed by atoms with Crippen molar-refractivity contribution in [2.24, 2.45) is 0 Å². The van der Waals surface area contributed by atoms with Crippen LogP contribution in [0.3, 0.4) is 0 Å². The number of rotatable bonds is 14. The molecular formula is C33H33NaO13. The number of hydrogen-bond acceptors (Lipinski definition) is 11. The summed E-state index contributed by atoms with van der Waals surface area (Å²) in [6, 6.07) is 14.3. The summed E-state index contributed by atoms with van der Waals surface area (Å²) in [6.45, 7) is 2.21. The van der Waals surface area contributed by atoms with Gasteiger partial charge in [-0.05, 0) is 60.4 Å². The maximum atomic E-state index is 13.9. The second kappa shape index (κ2) is 14.7. The predicted octanol–water partition coefficient (Wildman–Crippen LogP) is 0.332. The largest absolute Gasteiger partial charge is 1.00 e. The molecule has 244 valence electrons. The summed E-state index contributed by atoms with van der Waals surface area (Å²) in [5.74, 6) is -2.79. The summed E-state index contributed by atoms with van der Waals surface area (Å²) in [5.41, 5.74) is -3.09. The fourth-order valence-electron chi connectivity index (χ4n) is 6.43. The maximum absolute atomic E-state index is 13.9. The van der Waals surface area contributed by atoms with E-state index in [1.165, 1.54) is 13.2 Å². The van der Waals surface area contributed by atoms with E-state index >= 15 is 0 Å². The zero-order chi connectivity index (χ0) is 33.1. The van der Waals surface area contributed by atoms with Crippen molar-refractivity contribution < 1.29 is 92.4 Å². The number of carbonyl (C=O) groups excluding carboxylic acids is 1. The van der Waals surface area contributed by atoms with Crippen molar-refractivity contribution in [2.45, 2.75) is 37.2 Å². The molecule has 0 saturated heterocycles. The van der Waals surface area contributed by atoms with Gasteiger partial charge in [0.05, 0.1) is 25.1 Å². The summed E-state index contributed by atoms with van der Waals surface area (Å²) in [6.07, 6.45) is -0.950. The summed E-state index contributed by atoms with van der Waals surface area (Å²) >= 11 is 0. The fourth-order valence-corrected chi connectivity index (χ4v) is 6.43. The van der Waals surface area contributed by atoms with Crippen LogP contribution >= 0.6 is 0 Å². The van der Waals surface area contributed by atoms with Crippen LogP contribution < -0.4 is 58.3 Å². The molecule has 0 saturated carbocycles. The number of ether oxygens (including phenoxy) is 7. The molecule has 14 heteroatoms. The van der Waals surface area contributed by atoms with Crippen molar-refractivity contribution in [2.75, 3.05) is 40.3 Å². The Morgan fingerprint density at radius 3 is 2.34 bits per heavy atom. The first-order chi connectivity index (χ1) is 22.1. The number of benzene rings is 3. The van der Waals surface area contributed by atoms with E-state index in [2.05, 4.69) is 0 Å². The van der Waals surface area contributed by atoms with Crippen LogP contribution in [0.15, 0.2) is 54.6 Å². The second-order valence-corrected chi connectivity index (χ2v) is 10.6. The Morgan fingerprint density at radius 2 is 1.68 bits per heavy atom. The SMILES string of the molecule is CCCOc1ccc2c(c1)C(c1ccc(OC)cc1OCC(=O)O)C(OCC)(C(=O)[O-])C2(COC(=O)O)c1ccc2c(c1)OCO2.[Na+]. The van der Waals surface area contributed by atoms with Gasteiger partial charge < -0.3 is 53.3 Å². The standard InChI is InChI=1S/C33H34O13.Na/c1-4-12-41-21-8-10-24-23(14-21)29(22-9-7-20(40-3)15-26(22)42-16-28(34)35)33(30(36)37,46-5-2)32(24,17-43-31(38)39)19-6-11-25-27(13-19)45-18-44-25;/h6-11,13-15,29H,4-5,12,16-18H2,1-3H3,(H,34,35)(H,36,37)(H,38,39);/q;+1/p-1. The second-order valence-electron chi connectivity index (χ2n) is 10.6. The van der Waals surface area contributed by atoms with Crippen LogP contribution in [-0.2, 0) is 24.5 Å². The van der Waals surface area contributed by atoms with Crippen LogP contribution in [0.4, 0.5) is 4.79 Å². The quantitative estimate of drug-likeness (QED) is 0.179. The fraction of sp³-hybridized carbons (Fsp3) is 0.364. The first-order valence-corrected chi connectivity index (χ1v) is 14.5. The zero-order valence-electron chi connectivity index (χ0n) is 26.4. The van der Waals surface area contributed by atoms with Crippen LogP contribution in [0.5, 0.6) is 28.7 Å². The topological polar surface area (TPSA) is 179 Å². The van der Waals surface area contributed by atoms with E-state index in [1.807, 2.05) is 6.92 Å². The third-order valence-corrected chi connectivity index (χ3v) is 8.14. The van der Waals surface area contributed by atoms with Gasteiger partial charge in [0, 0.05) is 24.2 Å². The number of carbonyl (C=O) groups is 3. The van der Waals surface area contributed by atoms with Gasteiger partial charge in [-0.1, -0.05) is 25.1 Å². The molecule has 0 bridgehead atoms.